The molecule has 1 aliphatic rings. The lowest BCUT2D eigenvalue weighted by atomic mass is 10.3. The first-order valence-electron chi connectivity index (χ1n) is 8.31. The lowest BCUT2D eigenvalue weighted by Crippen LogP contribution is -2.38. The molecule has 128 valence electrons. The summed E-state index contributed by atoms with van der Waals surface area (Å²) in [7, 11) is 0. The van der Waals surface area contributed by atoms with Crippen LogP contribution in [0.25, 0.3) is 0 Å². The molecule has 0 saturated carbocycles. The number of aromatic nitrogens is 1. The minimum atomic E-state index is 0.0398. The maximum Gasteiger partial charge on any atom is 0.260 e. The van der Waals surface area contributed by atoms with E-state index >= 15 is 0 Å². The zero-order chi connectivity index (χ0) is 16.8. The summed E-state index contributed by atoms with van der Waals surface area (Å²) in [4.78, 5) is 16.5. The van der Waals surface area contributed by atoms with Crippen LogP contribution in [0.4, 0.5) is 0 Å². The fraction of sp³-hybridized carbons (Fsp3) is 0.444. The quantitative estimate of drug-likeness (QED) is 0.841. The van der Waals surface area contributed by atoms with Gasteiger partial charge in [0, 0.05) is 38.8 Å². The van der Waals surface area contributed by atoms with Crippen LogP contribution in [0.15, 0.2) is 40.9 Å². The number of carbonyl (C=O) groups is 1. The number of aryl methyl sites for hydroxylation is 1. The molecule has 1 amide bonds. The Labute approximate surface area is 142 Å². The van der Waals surface area contributed by atoms with Gasteiger partial charge in [-0.15, -0.1) is 0 Å². The van der Waals surface area contributed by atoms with Crippen LogP contribution in [0, 0.1) is 6.92 Å². The predicted molar refractivity (Wildman–Crippen MR) is 89.7 cm³/mol. The first-order valence-corrected chi connectivity index (χ1v) is 8.31. The van der Waals surface area contributed by atoms with Crippen molar-refractivity contribution < 1.29 is 14.1 Å². The molecule has 6 heteroatoms. The van der Waals surface area contributed by atoms with Gasteiger partial charge in [0.05, 0.1) is 5.69 Å². The van der Waals surface area contributed by atoms with E-state index in [1.165, 1.54) is 0 Å². The largest absolute Gasteiger partial charge is 0.484 e. The number of benzene rings is 1. The summed E-state index contributed by atoms with van der Waals surface area (Å²) < 4.78 is 10.7. The lowest BCUT2D eigenvalue weighted by molar-refractivity contribution is -0.133. The zero-order valence-electron chi connectivity index (χ0n) is 14.0. The number of carbonyl (C=O) groups excluding carboxylic acids is 1. The number of hydrogen-bond donors (Lipinski definition) is 0. The predicted octanol–water partition coefficient (Wildman–Crippen LogP) is 2.10. The van der Waals surface area contributed by atoms with E-state index < -0.39 is 0 Å². The highest BCUT2D eigenvalue weighted by Crippen LogP contribution is 2.11. The average molecular weight is 329 g/mol. The molecule has 1 fully saturated rings. The van der Waals surface area contributed by atoms with Crippen molar-refractivity contribution in [3.63, 3.8) is 0 Å². The van der Waals surface area contributed by atoms with E-state index in [9.17, 15) is 4.79 Å². The number of nitrogens with zero attached hydrogens (tertiary/aromatic N) is 3. The molecule has 24 heavy (non-hydrogen) atoms. The van der Waals surface area contributed by atoms with Crippen LogP contribution in [0.3, 0.4) is 0 Å². The highest BCUT2D eigenvalue weighted by Gasteiger charge is 2.20. The summed E-state index contributed by atoms with van der Waals surface area (Å²) in [5.74, 6) is 1.59. The fourth-order valence-electron chi connectivity index (χ4n) is 2.85. The second kappa shape index (κ2) is 7.97. The highest BCUT2D eigenvalue weighted by molar-refractivity contribution is 5.77. The number of ether oxygens (including phenoxy) is 1. The van der Waals surface area contributed by atoms with Crippen molar-refractivity contribution in [1.29, 1.82) is 0 Å². The van der Waals surface area contributed by atoms with Gasteiger partial charge in [-0.1, -0.05) is 23.4 Å². The Morgan fingerprint density at radius 2 is 2.04 bits per heavy atom. The van der Waals surface area contributed by atoms with E-state index in [1.54, 1.807) is 0 Å². The van der Waals surface area contributed by atoms with Gasteiger partial charge < -0.3 is 14.2 Å². The summed E-state index contributed by atoms with van der Waals surface area (Å²) in [5.41, 5.74) is 0.944. The van der Waals surface area contributed by atoms with Crippen LogP contribution in [-0.2, 0) is 11.3 Å². The SMILES string of the molecule is Cc1cc(CN2CCCN(C(=O)COc3ccccc3)CC2)no1. The van der Waals surface area contributed by atoms with Crippen LogP contribution < -0.4 is 4.74 Å². The van der Waals surface area contributed by atoms with Crippen molar-refractivity contribution in [2.24, 2.45) is 0 Å². The van der Waals surface area contributed by atoms with Crippen LogP contribution >= 0.6 is 0 Å². The number of hydrogen-bond acceptors (Lipinski definition) is 5. The molecule has 1 aromatic carbocycles. The molecule has 1 aromatic heterocycles. The number of rotatable bonds is 5. The van der Waals surface area contributed by atoms with Crippen LogP contribution in [-0.4, -0.2) is 53.6 Å². The minimum Gasteiger partial charge on any atom is -0.484 e. The van der Waals surface area contributed by atoms with Crippen LogP contribution in [0.2, 0.25) is 0 Å². The lowest BCUT2D eigenvalue weighted by Gasteiger charge is -2.21. The molecule has 0 unspecified atom stereocenters. The Morgan fingerprint density at radius 3 is 2.79 bits per heavy atom. The standard InChI is InChI=1S/C18H23N3O3/c1-15-12-16(19-24-15)13-20-8-5-9-21(11-10-20)18(22)14-23-17-6-3-2-4-7-17/h2-4,6-7,12H,5,8-11,13-14H2,1H3. The molecular formula is C18H23N3O3. The third kappa shape index (κ3) is 4.58. The van der Waals surface area contributed by atoms with Crippen LogP contribution in [0.1, 0.15) is 17.9 Å². The Kier molecular flexibility index (Phi) is 5.48. The molecule has 6 nitrogen and oxygen atoms in total. The monoisotopic (exact) mass is 329 g/mol. The Balaban J connectivity index is 1.46. The maximum atomic E-state index is 12.3. The molecule has 0 radical (unpaired) electrons. The number of para-hydroxylation sites is 1. The fourth-order valence-corrected chi connectivity index (χ4v) is 2.85. The van der Waals surface area contributed by atoms with Crippen molar-refractivity contribution in [2.75, 3.05) is 32.8 Å². The molecule has 0 N–H and O–H groups in total. The molecule has 0 aliphatic carbocycles. The topological polar surface area (TPSA) is 58.8 Å². The van der Waals surface area contributed by atoms with Gasteiger partial charge in [0.15, 0.2) is 6.61 Å². The van der Waals surface area contributed by atoms with Gasteiger partial charge in [-0.3, -0.25) is 9.69 Å². The summed E-state index contributed by atoms with van der Waals surface area (Å²) in [6, 6.07) is 11.4. The normalized spacial score (nSPS) is 16.0. The summed E-state index contributed by atoms with van der Waals surface area (Å²) in [6.07, 6.45) is 0.952. The molecule has 2 heterocycles. The first kappa shape index (κ1) is 16.5. The van der Waals surface area contributed by atoms with E-state index in [4.69, 9.17) is 9.26 Å². The molecule has 0 spiro atoms. The minimum absolute atomic E-state index is 0.0398. The van der Waals surface area contributed by atoms with Crippen molar-refractivity contribution in [1.82, 2.24) is 15.0 Å². The maximum absolute atomic E-state index is 12.3. The summed E-state index contributed by atoms with van der Waals surface area (Å²) in [6.45, 7) is 6.02. The first-order chi connectivity index (χ1) is 11.7. The smallest absolute Gasteiger partial charge is 0.260 e. The number of amides is 1. The van der Waals surface area contributed by atoms with Gasteiger partial charge in [-0.25, -0.2) is 0 Å². The molecule has 1 saturated heterocycles. The molecule has 0 bridgehead atoms. The van der Waals surface area contributed by atoms with E-state index in [2.05, 4.69) is 10.1 Å². The van der Waals surface area contributed by atoms with Crippen LogP contribution in [0.5, 0.6) is 5.75 Å². The Bertz CT molecular complexity index is 657. The second-order valence-electron chi connectivity index (χ2n) is 6.04. The van der Waals surface area contributed by atoms with Crippen molar-refractivity contribution in [2.45, 2.75) is 19.9 Å². The molecule has 3 rings (SSSR count). The van der Waals surface area contributed by atoms with Crippen molar-refractivity contribution in [3.8, 4) is 5.75 Å². The van der Waals surface area contributed by atoms with Gasteiger partial charge in [0.2, 0.25) is 0 Å². The van der Waals surface area contributed by atoms with Gasteiger partial charge in [-0.05, 0) is 25.5 Å². The van der Waals surface area contributed by atoms with E-state index in [-0.39, 0.29) is 12.5 Å². The van der Waals surface area contributed by atoms with Gasteiger partial charge in [0.25, 0.3) is 5.91 Å². The summed E-state index contributed by atoms with van der Waals surface area (Å²) >= 11 is 0. The third-order valence-corrected chi connectivity index (χ3v) is 4.11. The van der Waals surface area contributed by atoms with Crippen molar-refractivity contribution in [3.05, 3.63) is 47.9 Å². The van der Waals surface area contributed by atoms with Gasteiger partial charge >= 0.3 is 0 Å². The molecular weight excluding hydrogens is 306 g/mol. The Morgan fingerprint density at radius 1 is 1.21 bits per heavy atom. The van der Waals surface area contributed by atoms with E-state index in [1.807, 2.05) is 48.2 Å². The Hall–Kier alpha value is -2.34. The van der Waals surface area contributed by atoms with E-state index in [0.717, 1.165) is 49.8 Å². The van der Waals surface area contributed by atoms with Gasteiger partial charge in [-0.2, -0.15) is 0 Å². The zero-order valence-corrected chi connectivity index (χ0v) is 14.0. The summed E-state index contributed by atoms with van der Waals surface area (Å²) in [5, 5.41) is 4.04. The molecule has 0 atom stereocenters. The van der Waals surface area contributed by atoms with Gasteiger partial charge in [0.1, 0.15) is 11.5 Å². The average Bonchev–Trinajstić information content (AvgIpc) is 2.86. The van der Waals surface area contributed by atoms with Crippen molar-refractivity contribution >= 4 is 5.91 Å². The highest BCUT2D eigenvalue weighted by atomic mass is 16.5. The molecule has 2 aromatic rings. The molecule has 1 aliphatic heterocycles. The third-order valence-electron chi connectivity index (χ3n) is 4.11. The second-order valence-corrected chi connectivity index (χ2v) is 6.04. The van der Waals surface area contributed by atoms with E-state index in [0.29, 0.717) is 6.54 Å².